The van der Waals surface area contributed by atoms with E-state index in [0.29, 0.717) is 5.52 Å². The van der Waals surface area contributed by atoms with Crippen LogP contribution in [0.4, 0.5) is 0 Å². The second-order valence-electron chi connectivity index (χ2n) is 2.81. The Morgan fingerprint density at radius 2 is 2.21 bits per heavy atom. The summed E-state index contributed by atoms with van der Waals surface area (Å²) in [5.41, 5.74) is 0.456. The predicted molar refractivity (Wildman–Crippen MR) is 47.7 cm³/mol. The van der Waals surface area contributed by atoms with Crippen LogP contribution >= 0.6 is 0 Å². The number of hydrogen-bond acceptors (Lipinski definition) is 3. The maximum absolute atomic E-state index is 10.9. The first-order valence-electron chi connectivity index (χ1n) is 3.87. The van der Waals surface area contributed by atoms with Crippen LogP contribution in [-0.4, -0.2) is 20.8 Å². The largest absolute Gasteiger partial charge is 0.506 e. The van der Waals surface area contributed by atoms with Crippen molar-refractivity contribution in [1.82, 2.24) is 9.78 Å². The van der Waals surface area contributed by atoms with Gasteiger partial charge in [-0.15, -0.1) is 0 Å². The number of carbonyl (C=O) groups excluding carboxylic acids is 1. The molecule has 2 aromatic rings. The van der Waals surface area contributed by atoms with Crippen LogP contribution in [0.15, 0.2) is 24.4 Å². The maximum Gasteiger partial charge on any atom is 0.243 e. The topological polar surface area (TPSA) is 55.1 Å². The fourth-order valence-corrected chi connectivity index (χ4v) is 1.19. The first-order valence-corrected chi connectivity index (χ1v) is 3.87. The van der Waals surface area contributed by atoms with E-state index in [4.69, 9.17) is 0 Å². The number of phenols is 1. The standard InChI is InChI=1S/C9H8N2O2.Hf/c1-6(12)11-5-7-3-2-4-8(13)9(7)10-11;/h2-5,13H,1H3;. The second kappa shape index (κ2) is 4.04. The molecule has 0 aliphatic carbocycles. The number of fused-ring (bicyclic) bond motifs is 1. The number of aromatic nitrogens is 2. The SMILES string of the molecule is CC(=O)n1cc2cccc(O)c2n1.[Hf]. The molecule has 0 radical (unpaired) electrons. The van der Waals surface area contributed by atoms with Gasteiger partial charge in [-0.2, -0.15) is 5.10 Å². The van der Waals surface area contributed by atoms with Gasteiger partial charge in [-0.25, -0.2) is 4.68 Å². The van der Waals surface area contributed by atoms with Crippen molar-refractivity contribution in [2.45, 2.75) is 6.92 Å². The van der Waals surface area contributed by atoms with Crippen LogP contribution in [0, 0.1) is 0 Å². The van der Waals surface area contributed by atoms with E-state index in [1.54, 1.807) is 24.4 Å². The molecule has 0 amide bonds. The molecule has 1 heterocycles. The predicted octanol–water partition coefficient (Wildman–Crippen LogP) is 1.40. The summed E-state index contributed by atoms with van der Waals surface area (Å²) in [5.74, 6) is -0.0758. The van der Waals surface area contributed by atoms with Gasteiger partial charge >= 0.3 is 0 Å². The Morgan fingerprint density at radius 1 is 1.50 bits per heavy atom. The van der Waals surface area contributed by atoms with Gasteiger partial charge in [0.1, 0.15) is 11.3 Å². The van der Waals surface area contributed by atoms with Gasteiger partial charge in [-0.3, -0.25) is 4.79 Å². The van der Waals surface area contributed by atoms with Gasteiger partial charge in [0.2, 0.25) is 5.91 Å². The van der Waals surface area contributed by atoms with Crippen LogP contribution in [0.2, 0.25) is 0 Å². The number of carbonyl (C=O) groups is 1. The monoisotopic (exact) mass is 356 g/mol. The van der Waals surface area contributed by atoms with Gasteiger partial charge in [0.05, 0.1) is 0 Å². The van der Waals surface area contributed by atoms with Crippen molar-refractivity contribution >= 4 is 16.8 Å². The summed E-state index contributed by atoms with van der Waals surface area (Å²) in [7, 11) is 0. The Morgan fingerprint density at radius 3 is 2.79 bits per heavy atom. The Bertz CT molecular complexity index is 479. The number of rotatable bonds is 0. The Hall–Kier alpha value is -0.970. The molecule has 0 saturated heterocycles. The summed E-state index contributed by atoms with van der Waals surface area (Å²) in [6, 6.07) is 5.05. The van der Waals surface area contributed by atoms with Crippen LogP contribution in [0.25, 0.3) is 10.9 Å². The van der Waals surface area contributed by atoms with Gasteiger partial charge in [-0.1, -0.05) is 12.1 Å². The van der Waals surface area contributed by atoms with E-state index in [1.165, 1.54) is 11.6 Å². The Balaban J connectivity index is 0.000000980. The second-order valence-corrected chi connectivity index (χ2v) is 2.81. The fraction of sp³-hybridized carbons (Fsp3) is 0.111. The minimum Gasteiger partial charge on any atom is -0.506 e. The molecule has 2 rings (SSSR count). The first-order chi connectivity index (χ1) is 6.18. The summed E-state index contributed by atoms with van der Waals surface area (Å²) >= 11 is 0. The molecule has 5 heteroatoms. The molecule has 0 aliphatic rings. The van der Waals surface area contributed by atoms with Crippen LogP contribution in [0.3, 0.4) is 0 Å². The molecule has 0 unspecified atom stereocenters. The first kappa shape index (κ1) is 11.1. The van der Waals surface area contributed by atoms with Crippen LogP contribution in [-0.2, 0) is 25.8 Å². The molecule has 4 nitrogen and oxygen atoms in total. The molecule has 0 spiro atoms. The maximum atomic E-state index is 10.9. The van der Waals surface area contributed by atoms with Gasteiger partial charge in [0.15, 0.2) is 0 Å². The van der Waals surface area contributed by atoms with Crippen molar-refractivity contribution in [2.75, 3.05) is 0 Å². The number of nitrogens with zero attached hydrogens (tertiary/aromatic N) is 2. The molecule has 0 atom stereocenters. The van der Waals surface area contributed by atoms with Gasteiger partial charge in [0, 0.05) is 44.4 Å². The van der Waals surface area contributed by atoms with Crippen LogP contribution in [0.5, 0.6) is 5.75 Å². The Labute approximate surface area is 99.3 Å². The Kier molecular flexibility index (Phi) is 3.21. The molecule has 1 aromatic heterocycles. The average Bonchev–Trinajstić information content (AvgIpc) is 2.49. The van der Waals surface area contributed by atoms with E-state index >= 15 is 0 Å². The van der Waals surface area contributed by atoms with E-state index < -0.39 is 0 Å². The average molecular weight is 355 g/mol. The van der Waals surface area contributed by atoms with Crippen molar-refractivity contribution in [3.8, 4) is 5.75 Å². The fourth-order valence-electron chi connectivity index (χ4n) is 1.19. The van der Waals surface area contributed by atoms with E-state index in [2.05, 4.69) is 5.10 Å². The number of hydrogen-bond donors (Lipinski definition) is 1. The molecular formula is C9H8HfN2O2. The zero-order chi connectivity index (χ0) is 9.42. The molecule has 0 fully saturated rings. The van der Waals surface area contributed by atoms with E-state index in [-0.39, 0.29) is 37.5 Å². The van der Waals surface area contributed by atoms with Crippen molar-refractivity contribution < 1.29 is 35.7 Å². The summed E-state index contributed by atoms with van der Waals surface area (Å²) < 4.78 is 1.21. The summed E-state index contributed by atoms with van der Waals surface area (Å²) in [4.78, 5) is 10.9. The minimum absolute atomic E-state index is 0. The van der Waals surface area contributed by atoms with Crippen LogP contribution in [0.1, 0.15) is 11.7 Å². The number of benzene rings is 1. The number of aromatic hydroxyl groups is 1. The third-order valence-corrected chi connectivity index (χ3v) is 1.84. The van der Waals surface area contributed by atoms with Crippen molar-refractivity contribution in [3.63, 3.8) is 0 Å². The minimum atomic E-state index is -0.171. The van der Waals surface area contributed by atoms with E-state index in [0.717, 1.165) is 5.39 Å². The van der Waals surface area contributed by atoms with Gasteiger partial charge in [0.25, 0.3) is 0 Å². The molecule has 14 heavy (non-hydrogen) atoms. The third kappa shape index (κ3) is 1.77. The normalized spacial score (nSPS) is 9.79. The molecule has 0 aliphatic heterocycles. The molecular weight excluding hydrogens is 347 g/mol. The summed E-state index contributed by atoms with van der Waals surface area (Å²) in [5, 5.41) is 14.1. The quantitative estimate of drug-likeness (QED) is 0.728. The van der Waals surface area contributed by atoms with Crippen molar-refractivity contribution in [1.29, 1.82) is 0 Å². The zero-order valence-corrected chi connectivity index (χ0v) is 11.2. The van der Waals surface area contributed by atoms with Crippen molar-refractivity contribution in [2.24, 2.45) is 0 Å². The van der Waals surface area contributed by atoms with E-state index in [9.17, 15) is 9.90 Å². The molecule has 0 bridgehead atoms. The van der Waals surface area contributed by atoms with E-state index in [1.807, 2.05) is 0 Å². The summed E-state index contributed by atoms with van der Waals surface area (Å²) in [6.45, 7) is 1.42. The smallest absolute Gasteiger partial charge is 0.243 e. The van der Waals surface area contributed by atoms with Crippen molar-refractivity contribution in [3.05, 3.63) is 24.4 Å². The third-order valence-electron chi connectivity index (χ3n) is 1.84. The van der Waals surface area contributed by atoms with Gasteiger partial charge in [-0.05, 0) is 6.07 Å². The van der Waals surface area contributed by atoms with Crippen LogP contribution < -0.4 is 0 Å². The number of phenolic OH excluding ortho intramolecular Hbond substituents is 1. The molecule has 1 N–H and O–H groups in total. The summed E-state index contributed by atoms with van der Waals surface area (Å²) in [6.07, 6.45) is 1.59. The van der Waals surface area contributed by atoms with Gasteiger partial charge < -0.3 is 5.11 Å². The zero-order valence-electron chi connectivity index (χ0n) is 7.56. The molecule has 70 valence electrons. The molecule has 1 aromatic carbocycles. The molecule has 0 saturated carbocycles.